The van der Waals surface area contributed by atoms with E-state index in [0.29, 0.717) is 0 Å². The Labute approximate surface area is 569 Å². The van der Waals surface area contributed by atoms with Gasteiger partial charge in [0.1, 0.15) is 11.6 Å². The number of rotatable bonds is 9. The highest BCUT2D eigenvalue weighted by Gasteiger charge is 2.35. The van der Waals surface area contributed by atoms with E-state index in [4.69, 9.17) is 11.0 Å². The molecule has 0 atom stereocenters. The molecule has 0 radical (unpaired) electrons. The molecule has 4 aromatic heterocycles. The van der Waals surface area contributed by atoms with Crippen LogP contribution < -0.4 is 0 Å². The number of nitriles is 1. The fourth-order valence-electron chi connectivity index (χ4n) is 12.6. The lowest BCUT2D eigenvalue weighted by Gasteiger charge is -2.29. The molecule has 14 aromatic carbocycles. The molecule has 0 N–H and O–H groups in total. The van der Waals surface area contributed by atoms with Crippen LogP contribution in [-0.2, 0) is 0 Å². The molecule has 0 bridgehead atoms. The molecule has 0 unspecified atom stereocenters. The van der Waals surface area contributed by atoms with Gasteiger partial charge in [0.15, 0.2) is 0 Å². The molecule has 5 heteroatoms. The van der Waals surface area contributed by atoms with Crippen LogP contribution in [0.5, 0.6) is 0 Å². The highest BCUT2D eigenvalue weighted by atomic mass is 15.1. The average molecular weight is 1180 g/mol. The lowest BCUT2D eigenvalue weighted by atomic mass is 9.89. The molecule has 0 amide bonds. The third-order valence-electron chi connectivity index (χ3n) is 16.2. The summed E-state index contributed by atoms with van der Waals surface area (Å²) in [6.45, 7) is 0. The maximum absolute atomic E-state index is 13.7. The third-order valence-corrected chi connectivity index (χ3v) is 16.2. The first-order chi connectivity index (χ1) is 59.6. The number of para-hydroxylation sites is 6. The minimum atomic E-state index is -1.03. The van der Waals surface area contributed by atoms with Gasteiger partial charge < -0.3 is 18.3 Å². The molecule has 0 aliphatic rings. The van der Waals surface area contributed by atoms with E-state index in [9.17, 15) is 43.6 Å². The van der Waals surface area contributed by atoms with Crippen LogP contribution in [0.15, 0.2) is 321 Å². The van der Waals surface area contributed by atoms with Gasteiger partial charge in [-0.25, -0.2) is 0 Å². The molecule has 0 saturated carbocycles. The van der Waals surface area contributed by atoms with Crippen molar-refractivity contribution < 1.29 is 49.3 Å². The second kappa shape index (κ2) is 20.5. The molecular formula is C85H53N5. The maximum Gasteiger partial charge on any atom is 0.104 e. The summed E-state index contributed by atoms with van der Waals surface area (Å²) < 4.78 is 346. The number of aromatic nitrogens is 4. The first kappa shape index (κ1) is 26.8. The molecule has 0 spiro atoms. The van der Waals surface area contributed by atoms with Gasteiger partial charge >= 0.3 is 0 Å². The Bertz CT molecular complexity index is 7520. The second-order valence-electron chi connectivity index (χ2n) is 20.8. The molecule has 18 aromatic rings. The molecule has 0 aliphatic carbocycles. The summed E-state index contributed by atoms with van der Waals surface area (Å²) in [4.78, 5) is 0. The van der Waals surface area contributed by atoms with E-state index in [2.05, 4.69) is 6.07 Å². The molecule has 0 aliphatic heterocycles. The molecule has 0 saturated heterocycles. The van der Waals surface area contributed by atoms with Gasteiger partial charge in [-0.15, -0.1) is 0 Å². The highest BCUT2D eigenvalue weighted by Crippen LogP contribution is 2.53. The Morgan fingerprint density at radius 1 is 0.233 bits per heavy atom. The van der Waals surface area contributed by atoms with E-state index in [-0.39, 0.29) is 65.9 Å². The van der Waals surface area contributed by atoms with Gasteiger partial charge in [0.25, 0.3) is 0 Å². The van der Waals surface area contributed by atoms with Crippen LogP contribution in [-0.4, -0.2) is 18.3 Å². The SMILES string of the molecule is [2H]c1c([2H])c([2H])c(-c2cc(-c3c([2H])c([2H])c([2H])c([2H])c3[2H])cc(-c3c(-n4c5ccccc5c5cc(-c6c([2H])c([2H])c([2H])c([2H])c6[2H])ccc54)c(-n4c5c([2H])c([2H])c([2H])c([2H])c5c5c([2H])c([2H])c([2H])c([2H])c54)c(C#N)c(-n4c5c([2H])c([2H])c([2H])c([2H])c5c5c([2H])c([2H])c([2H])c([2H])c54)c3-n3c4ccccc4c4cc(-c5c([2H])c([2H])c([2H])c([2H])c5[2H])ccc43)c2)c([2H])c1[2H]. The molecule has 18 rings (SSSR count). The molecule has 90 heavy (non-hydrogen) atoms. The summed E-state index contributed by atoms with van der Waals surface area (Å²) in [6.07, 6.45) is 0. The van der Waals surface area contributed by atoms with Crippen LogP contribution in [0, 0.1) is 11.3 Å². The molecule has 5 nitrogen and oxygen atoms in total. The third kappa shape index (κ3) is 7.75. The van der Waals surface area contributed by atoms with Gasteiger partial charge in [-0.2, -0.15) is 5.26 Å². The maximum atomic E-state index is 13.7. The first-order valence-corrected chi connectivity index (χ1v) is 27.8. The summed E-state index contributed by atoms with van der Waals surface area (Å²) in [7, 11) is 0. The summed E-state index contributed by atoms with van der Waals surface area (Å²) in [5.41, 5.74) is -10.6. The minimum absolute atomic E-state index is 0.00133. The van der Waals surface area contributed by atoms with Crippen LogP contribution in [0.4, 0.5) is 0 Å². The van der Waals surface area contributed by atoms with E-state index in [1.54, 1.807) is 24.3 Å². The Balaban J connectivity index is 1.26. The van der Waals surface area contributed by atoms with Crippen molar-refractivity contribution in [3.63, 3.8) is 0 Å². The second-order valence-corrected chi connectivity index (χ2v) is 20.8. The number of benzene rings is 14. The molecule has 0 fully saturated rings. The zero-order chi connectivity index (χ0) is 90.7. The fourth-order valence-corrected chi connectivity index (χ4v) is 12.6. The van der Waals surface area contributed by atoms with Gasteiger partial charge in [-0.3, -0.25) is 0 Å². The predicted molar refractivity (Wildman–Crippen MR) is 376 cm³/mol. The van der Waals surface area contributed by atoms with Crippen molar-refractivity contribution in [2.24, 2.45) is 0 Å². The van der Waals surface area contributed by atoms with Crippen molar-refractivity contribution in [1.82, 2.24) is 18.3 Å². The molecule has 4 heterocycles. The number of nitrogens with zero attached hydrogens (tertiary/aromatic N) is 5. The average Bonchev–Trinajstić information content (AvgIpc) is 1.48. The van der Waals surface area contributed by atoms with Gasteiger partial charge in [0.05, 0.1) is 116 Å². The van der Waals surface area contributed by atoms with E-state index >= 15 is 0 Å². The topological polar surface area (TPSA) is 43.5 Å². The van der Waals surface area contributed by atoms with Crippen molar-refractivity contribution >= 4 is 87.2 Å². The minimum Gasteiger partial charge on any atom is -0.306 e. The van der Waals surface area contributed by atoms with E-state index in [1.165, 1.54) is 81.9 Å². The molecule has 418 valence electrons. The monoisotopic (exact) mass is 1180 g/mol. The lowest BCUT2D eigenvalue weighted by molar-refractivity contribution is 1.04. The largest absolute Gasteiger partial charge is 0.306 e. The van der Waals surface area contributed by atoms with Crippen LogP contribution in [0.1, 0.15) is 54.9 Å². The first-order valence-electron chi connectivity index (χ1n) is 45.8. The van der Waals surface area contributed by atoms with Crippen LogP contribution in [0.25, 0.3) is 166 Å². The predicted octanol–water partition coefficient (Wildman–Crippen LogP) is 22.3. The fraction of sp³-hybridized carbons (Fsp3) is 0. The van der Waals surface area contributed by atoms with Crippen molar-refractivity contribution in [2.45, 2.75) is 0 Å². The van der Waals surface area contributed by atoms with Crippen molar-refractivity contribution in [3.05, 3.63) is 326 Å². The van der Waals surface area contributed by atoms with E-state index in [0.717, 1.165) is 15.2 Å². The van der Waals surface area contributed by atoms with Gasteiger partial charge in [-0.05, 0) is 129 Å². The molecular weight excluding hydrogens is 1090 g/mol. The van der Waals surface area contributed by atoms with E-state index < -0.39 is 323 Å². The summed E-state index contributed by atoms with van der Waals surface area (Å²) in [5, 5.41) is 11.7. The van der Waals surface area contributed by atoms with Gasteiger partial charge in [0, 0.05) is 48.7 Å². The van der Waals surface area contributed by atoms with Gasteiger partial charge in [-0.1, -0.05) is 242 Å². The lowest BCUT2D eigenvalue weighted by Crippen LogP contribution is -2.16. The zero-order valence-corrected chi connectivity index (χ0v) is 46.1. The summed E-state index contributed by atoms with van der Waals surface area (Å²) in [5.74, 6) is 0. The van der Waals surface area contributed by atoms with Crippen molar-refractivity contribution in [1.29, 1.82) is 5.26 Å². The summed E-state index contributed by atoms with van der Waals surface area (Å²) in [6, 6.07) is -5.21. The van der Waals surface area contributed by atoms with Crippen molar-refractivity contribution in [3.8, 4) is 84.5 Å². The Hall–Kier alpha value is -12.2. The van der Waals surface area contributed by atoms with Crippen LogP contribution >= 0.6 is 0 Å². The Morgan fingerprint density at radius 2 is 0.533 bits per heavy atom. The number of hydrogen-bond donors (Lipinski definition) is 0. The smallest absolute Gasteiger partial charge is 0.104 e. The quantitative estimate of drug-likeness (QED) is 0.142. The van der Waals surface area contributed by atoms with E-state index in [1.807, 2.05) is 0 Å². The Kier molecular flexibility index (Phi) is 6.09. The number of fused-ring (bicyclic) bond motifs is 12. The summed E-state index contributed by atoms with van der Waals surface area (Å²) >= 11 is 0. The van der Waals surface area contributed by atoms with Crippen LogP contribution in [0.2, 0.25) is 0 Å². The standard InChI is InChI=1S/C85H53N5/c86-54-72-82(87-73-39-19-13-33-64(73)65-34-14-20-40-74(65)87)84(89-77-43-23-17-37-68(77)70-52-59(45-47-79(70)89)55-25-5-1-6-26-55)81(63-50-61(57-29-9-3-10-30-57)49-62(51-63)58-31-11-4-12-32-58)85(83(72)88-75-41-21-15-35-66(75)67-36-16-22-42-76(67)88)90-78-44-24-18-38-69(78)71-53-60(46-48-80(71)90)56-27-7-2-8-28-56/h1-53H/i1D,2D,3D,4D,5D,6D,7D,8D,9D,10D,11D,12D,13D,14D,15D,16D,19D,20D,21D,22D,25D,26D,27D,28D,29D,30D,31D,32D,33D,34D,35D,36D,39D,40D,41D,42D. The van der Waals surface area contributed by atoms with Gasteiger partial charge in [0.2, 0.25) is 0 Å². The highest BCUT2D eigenvalue weighted by molar-refractivity contribution is 6.18. The van der Waals surface area contributed by atoms with Crippen molar-refractivity contribution in [2.75, 3.05) is 0 Å². The Morgan fingerprint density at radius 3 is 0.900 bits per heavy atom. The zero-order valence-electron chi connectivity index (χ0n) is 82.1. The normalized spacial score (nSPS) is 17.4. The van der Waals surface area contributed by atoms with Crippen LogP contribution in [0.3, 0.4) is 0 Å². The number of hydrogen-bond acceptors (Lipinski definition) is 1.